The van der Waals surface area contributed by atoms with Crippen molar-refractivity contribution in [3.63, 3.8) is 0 Å². The molecule has 0 aliphatic heterocycles. The van der Waals surface area contributed by atoms with Crippen LogP contribution in [0.2, 0.25) is 0 Å². The van der Waals surface area contributed by atoms with Gasteiger partial charge in [-0.05, 0) is 18.4 Å². The summed E-state index contributed by atoms with van der Waals surface area (Å²) in [5, 5.41) is 18.2. The summed E-state index contributed by atoms with van der Waals surface area (Å²) >= 11 is 1.63. The number of thiophene rings is 1. The summed E-state index contributed by atoms with van der Waals surface area (Å²) in [6, 6.07) is 3.98. The minimum atomic E-state index is 0.0373. The van der Waals surface area contributed by atoms with E-state index in [4.69, 9.17) is 5.11 Å². The van der Waals surface area contributed by atoms with Crippen LogP contribution in [0, 0.1) is 6.92 Å². The molecule has 4 heteroatoms. The molecule has 0 bridgehead atoms. The number of aryl methyl sites for hydroxylation is 1. The number of aliphatic hydroxyl groups is 1. The van der Waals surface area contributed by atoms with Crippen molar-refractivity contribution in [1.29, 1.82) is 0 Å². The molecule has 0 atom stereocenters. The quantitative estimate of drug-likeness (QED) is 0.767. The molecule has 68 valence electrons. The number of aromatic amines is 1. The molecule has 2 aromatic rings. The van der Waals surface area contributed by atoms with E-state index in [0.29, 0.717) is 0 Å². The molecular formula is C9H10N2OS. The van der Waals surface area contributed by atoms with Gasteiger partial charge in [-0.2, -0.15) is 5.10 Å². The van der Waals surface area contributed by atoms with E-state index in [2.05, 4.69) is 10.2 Å². The van der Waals surface area contributed by atoms with Gasteiger partial charge >= 0.3 is 0 Å². The van der Waals surface area contributed by atoms with Gasteiger partial charge in [0.25, 0.3) is 0 Å². The first kappa shape index (κ1) is 8.47. The molecule has 0 aliphatic rings. The van der Waals surface area contributed by atoms with Crippen LogP contribution in [0.25, 0.3) is 10.6 Å². The van der Waals surface area contributed by atoms with E-state index in [1.54, 1.807) is 11.3 Å². The summed E-state index contributed by atoms with van der Waals surface area (Å²) < 4.78 is 0. The molecule has 0 spiro atoms. The number of rotatable bonds is 2. The summed E-state index contributed by atoms with van der Waals surface area (Å²) in [5.41, 5.74) is 2.70. The highest BCUT2D eigenvalue weighted by Crippen LogP contribution is 2.27. The lowest BCUT2D eigenvalue weighted by atomic mass is 10.2. The standard InChI is InChI=1S/C9H10N2OS/c1-6-7(5-12)9(11-10-6)8-3-2-4-13-8/h2-4,12H,5H2,1H3,(H,10,11). The van der Waals surface area contributed by atoms with E-state index in [1.807, 2.05) is 24.4 Å². The summed E-state index contributed by atoms with van der Waals surface area (Å²) in [6.07, 6.45) is 0. The highest BCUT2D eigenvalue weighted by molar-refractivity contribution is 7.13. The molecule has 0 saturated heterocycles. The van der Waals surface area contributed by atoms with Crippen LogP contribution in [0.4, 0.5) is 0 Å². The zero-order chi connectivity index (χ0) is 9.26. The minimum Gasteiger partial charge on any atom is -0.392 e. The van der Waals surface area contributed by atoms with Crippen LogP contribution in [0.15, 0.2) is 17.5 Å². The van der Waals surface area contributed by atoms with Crippen molar-refractivity contribution in [3.8, 4) is 10.6 Å². The third-order valence-corrected chi connectivity index (χ3v) is 2.86. The van der Waals surface area contributed by atoms with Gasteiger partial charge in [-0.15, -0.1) is 11.3 Å². The largest absolute Gasteiger partial charge is 0.392 e. The highest BCUT2D eigenvalue weighted by Gasteiger charge is 2.11. The van der Waals surface area contributed by atoms with Gasteiger partial charge in [0, 0.05) is 11.3 Å². The highest BCUT2D eigenvalue weighted by atomic mass is 32.1. The monoisotopic (exact) mass is 194 g/mol. The maximum atomic E-state index is 9.13. The Balaban J connectivity index is 2.52. The van der Waals surface area contributed by atoms with Crippen LogP contribution in [-0.2, 0) is 6.61 Å². The zero-order valence-corrected chi connectivity index (χ0v) is 8.06. The number of nitrogens with one attached hydrogen (secondary N) is 1. The van der Waals surface area contributed by atoms with Crippen LogP contribution >= 0.6 is 11.3 Å². The first-order chi connectivity index (χ1) is 6.33. The van der Waals surface area contributed by atoms with Gasteiger partial charge in [0.05, 0.1) is 11.5 Å². The lowest BCUT2D eigenvalue weighted by Gasteiger charge is -1.95. The molecular weight excluding hydrogens is 184 g/mol. The smallest absolute Gasteiger partial charge is 0.108 e. The Labute approximate surface area is 80.1 Å². The number of hydrogen-bond acceptors (Lipinski definition) is 3. The Hall–Kier alpha value is -1.13. The van der Waals surface area contributed by atoms with Gasteiger partial charge in [0.1, 0.15) is 5.69 Å². The van der Waals surface area contributed by atoms with E-state index in [-0.39, 0.29) is 6.61 Å². The van der Waals surface area contributed by atoms with Crippen molar-refractivity contribution >= 4 is 11.3 Å². The molecule has 2 heterocycles. The SMILES string of the molecule is Cc1[nH]nc(-c2cccs2)c1CO. The third kappa shape index (κ3) is 1.38. The zero-order valence-electron chi connectivity index (χ0n) is 7.24. The molecule has 0 saturated carbocycles. The molecule has 0 aliphatic carbocycles. The first-order valence-corrected chi connectivity index (χ1v) is 4.89. The molecule has 2 aromatic heterocycles. The number of aliphatic hydroxyl groups excluding tert-OH is 1. The Bertz CT molecular complexity index is 392. The van der Waals surface area contributed by atoms with Crippen molar-refractivity contribution in [1.82, 2.24) is 10.2 Å². The molecule has 0 fully saturated rings. The van der Waals surface area contributed by atoms with Gasteiger partial charge in [-0.25, -0.2) is 0 Å². The van der Waals surface area contributed by atoms with Crippen molar-refractivity contribution in [2.24, 2.45) is 0 Å². The predicted molar refractivity (Wildman–Crippen MR) is 52.6 cm³/mol. The van der Waals surface area contributed by atoms with Crippen LogP contribution in [-0.4, -0.2) is 15.3 Å². The summed E-state index contributed by atoms with van der Waals surface area (Å²) in [4.78, 5) is 1.09. The van der Waals surface area contributed by atoms with Gasteiger partial charge < -0.3 is 5.11 Å². The van der Waals surface area contributed by atoms with Crippen LogP contribution in [0.3, 0.4) is 0 Å². The lowest BCUT2D eigenvalue weighted by molar-refractivity contribution is 0.281. The maximum absolute atomic E-state index is 9.13. The van der Waals surface area contributed by atoms with Crippen LogP contribution in [0.5, 0.6) is 0 Å². The Morgan fingerprint density at radius 1 is 1.62 bits per heavy atom. The van der Waals surface area contributed by atoms with Crippen molar-refractivity contribution < 1.29 is 5.11 Å². The van der Waals surface area contributed by atoms with Gasteiger partial charge in [0.15, 0.2) is 0 Å². The fraction of sp³-hybridized carbons (Fsp3) is 0.222. The van der Waals surface area contributed by atoms with Crippen molar-refractivity contribution in [2.75, 3.05) is 0 Å². The Morgan fingerprint density at radius 2 is 2.46 bits per heavy atom. The molecule has 3 nitrogen and oxygen atoms in total. The van der Waals surface area contributed by atoms with E-state index in [1.165, 1.54) is 0 Å². The third-order valence-electron chi connectivity index (χ3n) is 1.99. The average molecular weight is 194 g/mol. The second-order valence-corrected chi connectivity index (χ2v) is 3.76. The van der Waals surface area contributed by atoms with Crippen molar-refractivity contribution in [2.45, 2.75) is 13.5 Å². The van der Waals surface area contributed by atoms with E-state index < -0.39 is 0 Å². The molecule has 0 unspecified atom stereocenters. The van der Waals surface area contributed by atoms with Crippen molar-refractivity contribution in [3.05, 3.63) is 28.8 Å². The number of hydrogen-bond donors (Lipinski definition) is 2. The maximum Gasteiger partial charge on any atom is 0.108 e. The van der Waals surface area contributed by atoms with Gasteiger partial charge in [-0.3, -0.25) is 5.10 Å². The lowest BCUT2D eigenvalue weighted by Crippen LogP contribution is -1.86. The molecule has 0 aromatic carbocycles. The van der Waals surface area contributed by atoms with Gasteiger partial charge in [0.2, 0.25) is 0 Å². The van der Waals surface area contributed by atoms with Gasteiger partial charge in [-0.1, -0.05) is 6.07 Å². The normalized spacial score (nSPS) is 10.6. The van der Waals surface area contributed by atoms with E-state index >= 15 is 0 Å². The van der Waals surface area contributed by atoms with Crippen LogP contribution < -0.4 is 0 Å². The average Bonchev–Trinajstić information content (AvgIpc) is 2.71. The fourth-order valence-corrected chi connectivity index (χ4v) is 2.00. The summed E-state index contributed by atoms with van der Waals surface area (Å²) in [5.74, 6) is 0. The van der Waals surface area contributed by atoms with E-state index in [0.717, 1.165) is 21.8 Å². The molecule has 13 heavy (non-hydrogen) atoms. The fourth-order valence-electron chi connectivity index (χ4n) is 1.26. The second-order valence-electron chi connectivity index (χ2n) is 2.81. The minimum absolute atomic E-state index is 0.0373. The molecule has 2 N–H and O–H groups in total. The topological polar surface area (TPSA) is 48.9 Å². The van der Waals surface area contributed by atoms with E-state index in [9.17, 15) is 0 Å². The predicted octanol–water partition coefficient (Wildman–Crippen LogP) is 1.94. The Kier molecular flexibility index (Phi) is 2.16. The van der Waals surface area contributed by atoms with Crippen LogP contribution in [0.1, 0.15) is 11.3 Å². The number of nitrogens with zero attached hydrogens (tertiary/aromatic N) is 1. The number of H-pyrrole nitrogens is 1. The molecule has 0 radical (unpaired) electrons. The second kappa shape index (κ2) is 3.32. The molecule has 2 rings (SSSR count). The summed E-state index contributed by atoms with van der Waals surface area (Å²) in [6.45, 7) is 1.95. The number of aromatic nitrogens is 2. The Morgan fingerprint density at radius 3 is 3.08 bits per heavy atom. The summed E-state index contributed by atoms with van der Waals surface area (Å²) in [7, 11) is 0. The molecule has 0 amide bonds. The first-order valence-electron chi connectivity index (χ1n) is 4.01.